The summed E-state index contributed by atoms with van der Waals surface area (Å²) in [5, 5.41) is 16.0. The van der Waals surface area contributed by atoms with Crippen LogP contribution in [0.25, 0.3) is 0 Å². The van der Waals surface area contributed by atoms with Crippen LogP contribution < -0.4 is 16.0 Å². The number of nitrogens with zero attached hydrogens (tertiary/aromatic N) is 2. The van der Waals surface area contributed by atoms with Crippen LogP contribution in [-0.4, -0.2) is 22.3 Å². The van der Waals surface area contributed by atoms with Crippen LogP contribution in [0.5, 0.6) is 0 Å². The molecule has 0 saturated carbocycles. The average Bonchev–Trinajstić information content (AvgIpc) is 2.42. The summed E-state index contributed by atoms with van der Waals surface area (Å²) in [6, 6.07) is 8.89. The minimum atomic E-state index is -0.335. The molecule has 0 spiro atoms. The van der Waals surface area contributed by atoms with Crippen molar-refractivity contribution in [2.45, 2.75) is 19.9 Å². The molecule has 0 bridgehead atoms. The van der Waals surface area contributed by atoms with Gasteiger partial charge in [-0.3, -0.25) is 5.32 Å². The van der Waals surface area contributed by atoms with Crippen LogP contribution in [-0.2, 0) is 0 Å². The third-order valence-corrected chi connectivity index (χ3v) is 2.44. The van der Waals surface area contributed by atoms with E-state index in [2.05, 4.69) is 26.1 Å². The highest BCUT2D eigenvalue weighted by Gasteiger charge is 2.05. The van der Waals surface area contributed by atoms with Gasteiger partial charge in [0.25, 0.3) is 0 Å². The van der Waals surface area contributed by atoms with E-state index in [-0.39, 0.29) is 17.9 Å². The van der Waals surface area contributed by atoms with Gasteiger partial charge in [0.1, 0.15) is 5.82 Å². The smallest absolute Gasteiger partial charge is 0.320 e. The number of hydrogen-bond acceptors (Lipinski definition) is 4. The molecule has 6 nitrogen and oxygen atoms in total. The van der Waals surface area contributed by atoms with E-state index in [0.29, 0.717) is 17.3 Å². The van der Waals surface area contributed by atoms with Crippen molar-refractivity contribution in [1.82, 2.24) is 15.5 Å². The fourth-order valence-electron chi connectivity index (χ4n) is 1.56. The predicted molar refractivity (Wildman–Crippen MR) is 79.0 cm³/mol. The summed E-state index contributed by atoms with van der Waals surface area (Å²) in [4.78, 5) is 11.5. The molecular weight excluding hydrogens is 273 g/mol. The number of nitrogens with one attached hydrogen (secondary N) is 3. The molecule has 2 rings (SSSR count). The molecule has 0 saturated heterocycles. The first-order valence-corrected chi connectivity index (χ1v) is 6.47. The number of aromatic nitrogens is 2. The summed E-state index contributed by atoms with van der Waals surface area (Å²) in [7, 11) is 0. The van der Waals surface area contributed by atoms with E-state index in [4.69, 9.17) is 0 Å². The van der Waals surface area contributed by atoms with Gasteiger partial charge in [-0.1, -0.05) is 0 Å². The molecule has 0 aliphatic carbocycles. The van der Waals surface area contributed by atoms with Gasteiger partial charge in [0.05, 0.1) is 0 Å². The van der Waals surface area contributed by atoms with Gasteiger partial charge >= 0.3 is 6.03 Å². The molecule has 1 heterocycles. The number of halogens is 1. The predicted octanol–water partition coefficient (Wildman–Crippen LogP) is 2.89. The molecule has 0 aliphatic heterocycles. The molecule has 7 heteroatoms. The van der Waals surface area contributed by atoms with Crippen molar-refractivity contribution < 1.29 is 9.18 Å². The molecule has 3 N–H and O–H groups in total. The Labute approximate surface area is 121 Å². The number of benzene rings is 1. The Balaban J connectivity index is 1.95. The van der Waals surface area contributed by atoms with E-state index in [1.165, 1.54) is 12.1 Å². The van der Waals surface area contributed by atoms with Gasteiger partial charge in [-0.05, 0) is 50.2 Å². The molecular formula is C14H16FN5O. The van der Waals surface area contributed by atoms with Gasteiger partial charge in [0.2, 0.25) is 0 Å². The number of amides is 2. The quantitative estimate of drug-likeness (QED) is 0.808. The Bertz CT molecular complexity index is 598. The van der Waals surface area contributed by atoms with Crippen LogP contribution in [0, 0.1) is 5.82 Å². The standard InChI is InChI=1S/C14H16FN5O/c1-9(2)16-14(21)18-13-8-7-12(19-20-13)17-11-5-3-10(15)4-6-11/h3-9H,1-2H3,(H,17,19)(H2,16,18,20,21). The first-order chi connectivity index (χ1) is 10.0. The Morgan fingerprint density at radius 1 is 1.05 bits per heavy atom. The molecule has 21 heavy (non-hydrogen) atoms. The van der Waals surface area contributed by atoms with E-state index in [1.54, 1.807) is 24.3 Å². The van der Waals surface area contributed by atoms with Crippen molar-refractivity contribution in [2.24, 2.45) is 0 Å². The van der Waals surface area contributed by atoms with Crippen molar-refractivity contribution in [1.29, 1.82) is 0 Å². The molecule has 0 fully saturated rings. The number of rotatable bonds is 4. The van der Waals surface area contributed by atoms with E-state index in [1.807, 2.05) is 13.8 Å². The largest absolute Gasteiger partial charge is 0.339 e. The SMILES string of the molecule is CC(C)NC(=O)Nc1ccc(Nc2ccc(F)cc2)nn1. The molecule has 1 aromatic heterocycles. The van der Waals surface area contributed by atoms with E-state index in [0.717, 1.165) is 0 Å². The van der Waals surface area contributed by atoms with Crippen LogP contribution in [0.2, 0.25) is 0 Å². The maximum atomic E-state index is 12.8. The average molecular weight is 289 g/mol. The highest BCUT2D eigenvalue weighted by atomic mass is 19.1. The number of carbonyl (C=O) groups excluding carboxylic acids is 1. The van der Waals surface area contributed by atoms with Gasteiger partial charge in [0, 0.05) is 11.7 Å². The summed E-state index contributed by atoms with van der Waals surface area (Å²) in [5.74, 6) is 0.538. The van der Waals surface area contributed by atoms with Crippen LogP contribution in [0.1, 0.15) is 13.8 Å². The third-order valence-electron chi connectivity index (χ3n) is 2.44. The highest BCUT2D eigenvalue weighted by Crippen LogP contribution is 2.15. The van der Waals surface area contributed by atoms with Crippen LogP contribution in [0.3, 0.4) is 0 Å². The first kappa shape index (κ1) is 14.7. The number of carbonyl (C=O) groups is 1. The zero-order valence-corrected chi connectivity index (χ0v) is 11.7. The van der Waals surface area contributed by atoms with Crippen molar-refractivity contribution in [3.63, 3.8) is 0 Å². The van der Waals surface area contributed by atoms with Gasteiger partial charge in [-0.2, -0.15) is 0 Å². The molecule has 0 unspecified atom stereocenters. The number of urea groups is 1. The van der Waals surface area contributed by atoms with E-state index >= 15 is 0 Å². The van der Waals surface area contributed by atoms with Crippen molar-refractivity contribution >= 4 is 23.4 Å². The lowest BCUT2D eigenvalue weighted by molar-refractivity contribution is 0.250. The van der Waals surface area contributed by atoms with Gasteiger partial charge < -0.3 is 10.6 Å². The lowest BCUT2D eigenvalue weighted by atomic mass is 10.3. The van der Waals surface area contributed by atoms with Crippen molar-refractivity contribution in [3.8, 4) is 0 Å². The first-order valence-electron chi connectivity index (χ1n) is 6.47. The Hall–Kier alpha value is -2.70. The summed E-state index contributed by atoms with van der Waals surface area (Å²) in [6.07, 6.45) is 0. The maximum absolute atomic E-state index is 12.8. The fraction of sp³-hybridized carbons (Fsp3) is 0.214. The normalized spacial score (nSPS) is 10.3. The monoisotopic (exact) mass is 289 g/mol. The summed E-state index contributed by atoms with van der Waals surface area (Å²) < 4.78 is 12.8. The maximum Gasteiger partial charge on any atom is 0.320 e. The van der Waals surface area contributed by atoms with Crippen LogP contribution in [0.4, 0.5) is 26.5 Å². The molecule has 0 aliphatic rings. The summed E-state index contributed by atoms with van der Waals surface area (Å²) in [5.41, 5.74) is 0.698. The van der Waals surface area contributed by atoms with E-state index < -0.39 is 0 Å². The molecule has 2 aromatic rings. The number of hydrogen-bond donors (Lipinski definition) is 3. The van der Waals surface area contributed by atoms with E-state index in [9.17, 15) is 9.18 Å². The van der Waals surface area contributed by atoms with Gasteiger partial charge in [-0.25, -0.2) is 9.18 Å². The van der Waals surface area contributed by atoms with Gasteiger partial charge in [-0.15, -0.1) is 10.2 Å². The Morgan fingerprint density at radius 3 is 2.24 bits per heavy atom. The molecule has 0 atom stereocenters. The molecule has 110 valence electrons. The van der Waals surface area contributed by atoms with Crippen LogP contribution in [0.15, 0.2) is 36.4 Å². The lowest BCUT2D eigenvalue weighted by Crippen LogP contribution is -2.34. The van der Waals surface area contributed by atoms with Crippen molar-refractivity contribution in [2.75, 3.05) is 10.6 Å². The molecule has 2 amide bonds. The van der Waals surface area contributed by atoms with Crippen molar-refractivity contribution in [3.05, 3.63) is 42.2 Å². The second-order valence-electron chi connectivity index (χ2n) is 4.69. The number of anilines is 3. The second kappa shape index (κ2) is 6.65. The summed E-state index contributed by atoms with van der Waals surface area (Å²) in [6.45, 7) is 3.72. The zero-order chi connectivity index (χ0) is 15.2. The van der Waals surface area contributed by atoms with Gasteiger partial charge in [0.15, 0.2) is 11.6 Å². The molecule has 0 radical (unpaired) electrons. The summed E-state index contributed by atoms with van der Waals surface area (Å²) >= 11 is 0. The second-order valence-corrected chi connectivity index (χ2v) is 4.69. The topological polar surface area (TPSA) is 78.9 Å². The Morgan fingerprint density at radius 2 is 1.67 bits per heavy atom. The zero-order valence-electron chi connectivity index (χ0n) is 11.7. The fourth-order valence-corrected chi connectivity index (χ4v) is 1.56. The Kier molecular flexibility index (Phi) is 4.65. The molecule has 1 aromatic carbocycles. The lowest BCUT2D eigenvalue weighted by Gasteiger charge is -2.09. The minimum Gasteiger partial charge on any atom is -0.339 e. The van der Waals surface area contributed by atoms with Crippen LogP contribution >= 0.6 is 0 Å². The third kappa shape index (κ3) is 4.72. The highest BCUT2D eigenvalue weighted by molar-refractivity contribution is 5.88. The minimum absolute atomic E-state index is 0.0392.